The zero-order valence-corrected chi connectivity index (χ0v) is 27.3. The summed E-state index contributed by atoms with van der Waals surface area (Å²) in [6, 6.07) is 67.6. The quantitative estimate of drug-likeness (QED) is 0.187. The number of furan rings is 1. The van der Waals surface area contributed by atoms with Crippen LogP contribution in [0.1, 0.15) is 0 Å². The third-order valence-corrected chi connectivity index (χ3v) is 10.0. The number of rotatable bonds is 5. The van der Waals surface area contributed by atoms with Gasteiger partial charge in [-0.2, -0.15) is 0 Å². The van der Waals surface area contributed by atoms with Crippen LogP contribution in [0.4, 0.5) is 17.1 Å². The molecule has 0 saturated heterocycles. The first-order valence-electron chi connectivity index (χ1n) is 17.1. The Hall–Kier alpha value is -6.64. The van der Waals surface area contributed by atoms with Gasteiger partial charge in [-0.1, -0.05) is 140 Å². The molecule has 0 aliphatic heterocycles. The van der Waals surface area contributed by atoms with Gasteiger partial charge in [0.2, 0.25) is 0 Å². The number of anilines is 3. The minimum atomic E-state index is 0.895. The fourth-order valence-corrected chi connectivity index (χ4v) is 7.59. The summed E-state index contributed by atoms with van der Waals surface area (Å²) in [4.78, 5) is 2.42. The topological polar surface area (TPSA) is 16.4 Å². The smallest absolute Gasteiger partial charge is 0.143 e. The van der Waals surface area contributed by atoms with Crippen LogP contribution in [0.25, 0.3) is 76.5 Å². The van der Waals surface area contributed by atoms with E-state index in [1.54, 1.807) is 0 Å². The van der Waals surface area contributed by atoms with Crippen molar-refractivity contribution >= 4 is 71.3 Å². The van der Waals surface area contributed by atoms with Crippen LogP contribution < -0.4 is 4.90 Å². The highest BCUT2D eigenvalue weighted by Gasteiger charge is 2.20. The first kappa shape index (κ1) is 28.4. The molecule has 50 heavy (non-hydrogen) atoms. The van der Waals surface area contributed by atoms with E-state index in [9.17, 15) is 0 Å². The Bertz CT molecular complexity index is 2890. The maximum atomic E-state index is 6.49. The molecule has 9 aromatic carbocycles. The van der Waals surface area contributed by atoms with Crippen LogP contribution >= 0.6 is 0 Å². The Balaban J connectivity index is 1.18. The summed E-state index contributed by atoms with van der Waals surface area (Å²) in [5.41, 5.74) is 9.83. The Morgan fingerprint density at radius 3 is 1.88 bits per heavy atom. The fraction of sp³-hybridized carbons (Fsp3) is 0. The fourth-order valence-electron chi connectivity index (χ4n) is 7.59. The second kappa shape index (κ2) is 11.5. The number of hydrogen-bond acceptors (Lipinski definition) is 2. The van der Waals surface area contributed by atoms with Gasteiger partial charge in [-0.05, 0) is 86.8 Å². The van der Waals surface area contributed by atoms with E-state index in [2.05, 4.69) is 193 Å². The first-order valence-corrected chi connectivity index (χ1v) is 17.1. The minimum absolute atomic E-state index is 0.895. The molecule has 0 amide bonds. The molecule has 10 rings (SSSR count). The van der Waals surface area contributed by atoms with Gasteiger partial charge in [0.25, 0.3) is 0 Å². The zero-order chi connectivity index (χ0) is 33.0. The molecular weight excluding hydrogens is 607 g/mol. The van der Waals surface area contributed by atoms with Crippen molar-refractivity contribution in [3.05, 3.63) is 188 Å². The summed E-state index contributed by atoms with van der Waals surface area (Å²) in [5, 5.41) is 9.45. The van der Waals surface area contributed by atoms with Crippen LogP contribution in [0.2, 0.25) is 0 Å². The van der Waals surface area contributed by atoms with E-state index in [-0.39, 0.29) is 0 Å². The molecule has 2 nitrogen and oxygen atoms in total. The van der Waals surface area contributed by atoms with Crippen molar-refractivity contribution in [3.8, 4) is 22.3 Å². The first-order chi connectivity index (χ1) is 24.8. The van der Waals surface area contributed by atoms with Crippen LogP contribution in [-0.2, 0) is 0 Å². The summed E-state index contributed by atoms with van der Waals surface area (Å²) in [5.74, 6) is 0. The van der Waals surface area contributed by atoms with Gasteiger partial charge < -0.3 is 9.32 Å². The second-order valence-corrected chi connectivity index (χ2v) is 12.9. The van der Waals surface area contributed by atoms with Gasteiger partial charge in [-0.3, -0.25) is 0 Å². The van der Waals surface area contributed by atoms with Crippen molar-refractivity contribution < 1.29 is 4.42 Å². The van der Waals surface area contributed by atoms with E-state index in [0.29, 0.717) is 0 Å². The van der Waals surface area contributed by atoms with Gasteiger partial charge in [0, 0.05) is 32.8 Å². The highest BCUT2D eigenvalue weighted by atomic mass is 16.3. The van der Waals surface area contributed by atoms with Gasteiger partial charge in [-0.25, -0.2) is 0 Å². The molecule has 0 spiro atoms. The number of para-hydroxylation sites is 1. The molecule has 0 bridgehead atoms. The molecule has 0 saturated carbocycles. The number of hydrogen-bond donors (Lipinski definition) is 0. The van der Waals surface area contributed by atoms with Crippen LogP contribution in [0, 0.1) is 0 Å². The van der Waals surface area contributed by atoms with Crippen LogP contribution in [0.15, 0.2) is 192 Å². The van der Waals surface area contributed by atoms with Crippen molar-refractivity contribution in [2.45, 2.75) is 0 Å². The highest BCUT2D eigenvalue weighted by Crippen LogP contribution is 2.45. The SMILES string of the molecule is c1cc(-c2ccc3ccccc3c2)cc(N(c2ccccc2-c2ccc3oc4c5ccccc5ccc4c3c2)c2cccc3ccccc23)c1. The van der Waals surface area contributed by atoms with Crippen LogP contribution in [-0.4, -0.2) is 0 Å². The molecule has 0 N–H and O–H groups in total. The monoisotopic (exact) mass is 637 g/mol. The average molecular weight is 638 g/mol. The summed E-state index contributed by atoms with van der Waals surface area (Å²) in [6.45, 7) is 0. The highest BCUT2D eigenvalue weighted by molar-refractivity contribution is 6.16. The van der Waals surface area contributed by atoms with Crippen LogP contribution in [0.3, 0.4) is 0 Å². The van der Waals surface area contributed by atoms with E-state index in [1.165, 1.54) is 38.1 Å². The molecule has 0 radical (unpaired) electrons. The van der Waals surface area contributed by atoms with E-state index in [1.807, 2.05) is 0 Å². The summed E-state index contributed by atoms with van der Waals surface area (Å²) in [7, 11) is 0. The largest absolute Gasteiger partial charge is 0.455 e. The maximum absolute atomic E-state index is 6.49. The summed E-state index contributed by atoms with van der Waals surface area (Å²) >= 11 is 0. The number of fused-ring (bicyclic) bond motifs is 7. The third kappa shape index (κ3) is 4.65. The average Bonchev–Trinajstić information content (AvgIpc) is 3.57. The Kier molecular flexibility index (Phi) is 6.53. The van der Waals surface area contributed by atoms with E-state index in [4.69, 9.17) is 4.42 Å². The molecule has 0 fully saturated rings. The van der Waals surface area contributed by atoms with E-state index < -0.39 is 0 Å². The maximum Gasteiger partial charge on any atom is 0.143 e. The molecule has 0 aliphatic carbocycles. The molecule has 1 aromatic heterocycles. The van der Waals surface area contributed by atoms with Crippen LogP contribution in [0.5, 0.6) is 0 Å². The zero-order valence-electron chi connectivity index (χ0n) is 27.3. The van der Waals surface area contributed by atoms with Gasteiger partial charge in [-0.15, -0.1) is 0 Å². The van der Waals surface area contributed by atoms with Crippen molar-refractivity contribution in [3.63, 3.8) is 0 Å². The molecule has 0 aliphatic rings. The van der Waals surface area contributed by atoms with Gasteiger partial charge in [0.15, 0.2) is 0 Å². The van der Waals surface area contributed by atoms with Gasteiger partial charge in [0.1, 0.15) is 11.2 Å². The van der Waals surface area contributed by atoms with E-state index >= 15 is 0 Å². The number of nitrogens with zero attached hydrogens (tertiary/aromatic N) is 1. The lowest BCUT2D eigenvalue weighted by Gasteiger charge is -2.29. The Labute approximate surface area is 290 Å². The Morgan fingerprint density at radius 2 is 0.980 bits per heavy atom. The lowest BCUT2D eigenvalue weighted by atomic mass is 9.97. The minimum Gasteiger partial charge on any atom is -0.455 e. The number of benzene rings is 9. The van der Waals surface area contributed by atoms with Gasteiger partial charge >= 0.3 is 0 Å². The van der Waals surface area contributed by atoms with Crippen molar-refractivity contribution in [2.24, 2.45) is 0 Å². The second-order valence-electron chi connectivity index (χ2n) is 12.9. The molecule has 0 atom stereocenters. The summed E-state index contributed by atoms with van der Waals surface area (Å²) in [6.07, 6.45) is 0. The normalized spacial score (nSPS) is 11.6. The predicted octanol–water partition coefficient (Wildman–Crippen LogP) is 13.8. The predicted molar refractivity (Wildman–Crippen MR) is 212 cm³/mol. The molecular formula is C48H31NO. The molecule has 0 unspecified atom stereocenters. The van der Waals surface area contributed by atoms with Gasteiger partial charge in [0.05, 0.1) is 11.4 Å². The molecule has 10 aromatic rings. The Morgan fingerprint density at radius 1 is 0.340 bits per heavy atom. The lowest BCUT2D eigenvalue weighted by molar-refractivity contribution is 0.672. The molecule has 234 valence electrons. The molecule has 1 heterocycles. The summed E-state index contributed by atoms with van der Waals surface area (Å²) < 4.78 is 6.49. The van der Waals surface area contributed by atoms with Crippen molar-refractivity contribution in [1.82, 2.24) is 0 Å². The van der Waals surface area contributed by atoms with Crippen molar-refractivity contribution in [2.75, 3.05) is 4.90 Å². The standard InChI is InChI=1S/C48H31NO/c1-2-14-35-29-37(24-23-32(35)11-1)36-16-9-17-39(30-36)49(46-22-10-15-33-12-3-5-18-40(33)46)45-21-8-7-19-41(45)38-26-28-47-44(31-38)43-27-25-34-13-4-6-20-42(34)48(43)50-47/h1-31H. The van der Waals surface area contributed by atoms with Crippen molar-refractivity contribution in [1.29, 1.82) is 0 Å². The van der Waals surface area contributed by atoms with E-state index in [0.717, 1.165) is 55.5 Å². The molecule has 2 heteroatoms. The third-order valence-electron chi connectivity index (χ3n) is 10.0. The lowest BCUT2D eigenvalue weighted by Crippen LogP contribution is -2.11.